The molecule has 0 saturated carbocycles. The molecular formula is C22H22Cl3NO4. The summed E-state index contributed by atoms with van der Waals surface area (Å²) in [4.78, 5) is 2.12. The molecule has 5 nitrogen and oxygen atoms in total. The van der Waals surface area contributed by atoms with Crippen LogP contribution in [0.3, 0.4) is 0 Å². The molecule has 0 aromatic heterocycles. The zero-order valence-corrected chi connectivity index (χ0v) is 19.4. The molecule has 2 aliphatic rings. The van der Waals surface area contributed by atoms with E-state index < -0.39 is 9.83 Å². The van der Waals surface area contributed by atoms with Gasteiger partial charge < -0.3 is 23.8 Å². The quantitative estimate of drug-likeness (QED) is 0.552. The van der Waals surface area contributed by atoms with Crippen molar-refractivity contribution in [1.82, 2.24) is 4.90 Å². The maximum atomic E-state index is 6.54. The van der Waals surface area contributed by atoms with Gasteiger partial charge in [0.05, 0.1) is 28.4 Å². The van der Waals surface area contributed by atoms with Gasteiger partial charge >= 0.3 is 0 Å². The molecule has 0 fully saturated rings. The molecule has 1 atom stereocenters. The number of fused-ring (bicyclic) bond motifs is 4. The number of nitrogens with zero attached hydrogens (tertiary/aromatic N) is 1. The predicted octanol–water partition coefficient (Wildman–Crippen LogP) is 5.50. The van der Waals surface area contributed by atoms with E-state index in [0.29, 0.717) is 29.5 Å². The average Bonchev–Trinajstić information content (AvgIpc) is 2.74. The van der Waals surface area contributed by atoms with Gasteiger partial charge in [0, 0.05) is 23.4 Å². The molecule has 2 aromatic carbocycles. The molecule has 0 aliphatic carbocycles. The molecule has 0 saturated heterocycles. The molecule has 0 bridgehead atoms. The first kappa shape index (κ1) is 21.3. The van der Waals surface area contributed by atoms with Gasteiger partial charge in [0.2, 0.25) is 3.79 Å². The van der Waals surface area contributed by atoms with E-state index in [9.17, 15) is 0 Å². The summed E-state index contributed by atoms with van der Waals surface area (Å²) in [5, 5.41) is 0. The molecular weight excluding hydrogens is 449 g/mol. The molecule has 160 valence electrons. The Morgan fingerprint density at radius 2 is 1.57 bits per heavy atom. The minimum atomic E-state index is -1.60. The Bertz CT molecular complexity index is 1020. The lowest BCUT2D eigenvalue weighted by Crippen LogP contribution is -2.41. The first-order valence-corrected chi connectivity index (χ1v) is 10.5. The van der Waals surface area contributed by atoms with Crippen LogP contribution in [-0.4, -0.2) is 43.7 Å². The number of alkyl halides is 3. The maximum absolute atomic E-state index is 6.54. The Kier molecular flexibility index (Phi) is 5.64. The molecule has 0 amide bonds. The molecule has 30 heavy (non-hydrogen) atoms. The molecule has 1 unspecified atom stereocenters. The van der Waals surface area contributed by atoms with Gasteiger partial charge in [0.25, 0.3) is 0 Å². The van der Waals surface area contributed by atoms with E-state index in [1.165, 1.54) is 0 Å². The van der Waals surface area contributed by atoms with Crippen LogP contribution in [0.15, 0.2) is 24.3 Å². The standard InChI is InChI=1S/C22H22Cl3NO4/c1-27-16-6-5-13-9-15-14-11-18(29-3)17(28-2)10-12(14)7-8-26(15)21(22(23,24)25)19(13)20(16)30-4/h5-6,9-11,21H,7-8H2,1-4H3. The van der Waals surface area contributed by atoms with E-state index in [1.807, 2.05) is 24.3 Å². The zero-order chi connectivity index (χ0) is 21.6. The summed E-state index contributed by atoms with van der Waals surface area (Å²) in [5.41, 5.74) is 4.86. The third-order valence-corrected chi connectivity index (χ3v) is 6.24. The van der Waals surface area contributed by atoms with Gasteiger partial charge in [-0.25, -0.2) is 0 Å². The number of halogens is 3. The second kappa shape index (κ2) is 7.95. The van der Waals surface area contributed by atoms with E-state index in [2.05, 4.69) is 11.0 Å². The van der Waals surface area contributed by atoms with Crippen LogP contribution in [-0.2, 0) is 6.42 Å². The van der Waals surface area contributed by atoms with Crippen LogP contribution in [0.4, 0.5) is 0 Å². The van der Waals surface area contributed by atoms with E-state index in [0.717, 1.165) is 34.4 Å². The maximum Gasteiger partial charge on any atom is 0.214 e. The lowest BCUT2D eigenvalue weighted by atomic mass is 9.86. The third kappa shape index (κ3) is 3.33. The van der Waals surface area contributed by atoms with Crippen LogP contribution in [0, 0.1) is 0 Å². The van der Waals surface area contributed by atoms with E-state index in [4.69, 9.17) is 53.8 Å². The monoisotopic (exact) mass is 469 g/mol. The highest BCUT2D eigenvalue weighted by molar-refractivity contribution is 6.68. The van der Waals surface area contributed by atoms with Crippen molar-refractivity contribution in [2.24, 2.45) is 0 Å². The molecule has 0 radical (unpaired) electrons. The fourth-order valence-electron chi connectivity index (χ4n) is 4.33. The molecule has 4 rings (SSSR count). The first-order valence-electron chi connectivity index (χ1n) is 9.39. The van der Waals surface area contributed by atoms with E-state index >= 15 is 0 Å². The van der Waals surface area contributed by atoms with Crippen molar-refractivity contribution in [1.29, 1.82) is 0 Å². The summed E-state index contributed by atoms with van der Waals surface area (Å²) >= 11 is 19.6. The van der Waals surface area contributed by atoms with Crippen molar-refractivity contribution in [3.63, 3.8) is 0 Å². The lowest BCUT2D eigenvalue weighted by Gasteiger charge is -2.45. The highest BCUT2D eigenvalue weighted by atomic mass is 35.6. The summed E-state index contributed by atoms with van der Waals surface area (Å²) in [7, 11) is 6.44. The van der Waals surface area contributed by atoms with Gasteiger partial charge in [-0.1, -0.05) is 40.9 Å². The van der Waals surface area contributed by atoms with Crippen LogP contribution >= 0.6 is 34.8 Å². The average molecular weight is 471 g/mol. The topological polar surface area (TPSA) is 40.2 Å². The van der Waals surface area contributed by atoms with Crippen LogP contribution in [0.2, 0.25) is 0 Å². The van der Waals surface area contributed by atoms with Gasteiger partial charge in [0.1, 0.15) is 6.04 Å². The van der Waals surface area contributed by atoms with Gasteiger partial charge in [-0.15, -0.1) is 0 Å². The number of hydrogen-bond acceptors (Lipinski definition) is 5. The van der Waals surface area contributed by atoms with E-state index in [-0.39, 0.29) is 0 Å². The molecule has 0 N–H and O–H groups in total. The number of ether oxygens (including phenoxy) is 4. The Morgan fingerprint density at radius 3 is 2.17 bits per heavy atom. The number of hydrogen-bond donors (Lipinski definition) is 0. The first-order chi connectivity index (χ1) is 14.3. The second-order valence-electron chi connectivity index (χ2n) is 7.09. The van der Waals surface area contributed by atoms with E-state index in [1.54, 1.807) is 28.4 Å². The number of benzene rings is 2. The molecule has 0 spiro atoms. The van der Waals surface area contributed by atoms with Gasteiger partial charge in [-0.05, 0) is 41.8 Å². The van der Waals surface area contributed by atoms with Crippen molar-refractivity contribution in [3.05, 3.63) is 46.5 Å². The molecule has 2 heterocycles. The molecule has 8 heteroatoms. The summed E-state index contributed by atoms with van der Waals surface area (Å²) < 4.78 is 20.6. The minimum Gasteiger partial charge on any atom is -0.493 e. The summed E-state index contributed by atoms with van der Waals surface area (Å²) in [5.74, 6) is 2.52. The van der Waals surface area contributed by atoms with Crippen molar-refractivity contribution in [2.75, 3.05) is 35.0 Å². The lowest BCUT2D eigenvalue weighted by molar-refractivity contribution is 0.277. The van der Waals surface area contributed by atoms with Crippen molar-refractivity contribution < 1.29 is 18.9 Å². The van der Waals surface area contributed by atoms with Crippen molar-refractivity contribution in [3.8, 4) is 23.0 Å². The Labute approximate surface area is 191 Å². The van der Waals surface area contributed by atoms with Crippen LogP contribution in [0.1, 0.15) is 28.3 Å². The fourth-order valence-corrected chi connectivity index (χ4v) is 5.01. The highest BCUT2D eigenvalue weighted by Crippen LogP contribution is 2.56. The summed E-state index contributed by atoms with van der Waals surface area (Å²) in [6.45, 7) is 0.673. The van der Waals surface area contributed by atoms with Gasteiger partial charge in [-0.3, -0.25) is 0 Å². The number of rotatable bonds is 4. The van der Waals surface area contributed by atoms with Gasteiger partial charge in [-0.2, -0.15) is 0 Å². The van der Waals surface area contributed by atoms with Crippen LogP contribution in [0.25, 0.3) is 11.8 Å². The van der Waals surface area contributed by atoms with Crippen LogP contribution in [0.5, 0.6) is 23.0 Å². The Balaban J connectivity index is 1.98. The predicted molar refractivity (Wildman–Crippen MR) is 120 cm³/mol. The Morgan fingerprint density at radius 1 is 0.900 bits per heavy atom. The number of methoxy groups -OCH3 is 4. The SMILES string of the molecule is COc1cc2c(cc1OC)C1=Cc3ccc(OC)c(OC)c3C(C(Cl)(Cl)Cl)N1CC2. The fraction of sp³-hybridized carbons (Fsp3) is 0.364. The normalized spacial score (nSPS) is 17.4. The Hall–Kier alpha value is -1.95. The minimum absolute atomic E-state index is 0.552. The smallest absolute Gasteiger partial charge is 0.214 e. The van der Waals surface area contributed by atoms with Crippen molar-refractivity contribution in [2.45, 2.75) is 16.3 Å². The van der Waals surface area contributed by atoms with Gasteiger partial charge in [0.15, 0.2) is 23.0 Å². The second-order valence-corrected chi connectivity index (χ2v) is 9.45. The summed E-state index contributed by atoms with van der Waals surface area (Å²) in [6.07, 6.45) is 2.86. The highest BCUT2D eigenvalue weighted by Gasteiger charge is 2.46. The molecule has 2 aromatic rings. The summed E-state index contributed by atoms with van der Waals surface area (Å²) in [6, 6.07) is 7.26. The molecule has 2 aliphatic heterocycles. The zero-order valence-electron chi connectivity index (χ0n) is 17.1. The third-order valence-electron chi connectivity index (χ3n) is 5.62. The largest absolute Gasteiger partial charge is 0.493 e. The van der Waals surface area contributed by atoms with Crippen molar-refractivity contribution >= 4 is 46.6 Å². The van der Waals surface area contributed by atoms with Crippen LogP contribution < -0.4 is 18.9 Å².